The Hall–Kier alpha value is -0.130. The van der Waals surface area contributed by atoms with Gasteiger partial charge in [0.2, 0.25) is 0 Å². The number of sulfone groups is 1. The second-order valence-corrected chi connectivity index (χ2v) is 7.63. The van der Waals surface area contributed by atoms with Crippen LogP contribution in [0.3, 0.4) is 0 Å². The Morgan fingerprint density at radius 3 is 2.53 bits per heavy atom. The predicted octanol–water partition coefficient (Wildman–Crippen LogP) is 0.884. The lowest BCUT2D eigenvalue weighted by atomic mass is 10.2. The van der Waals surface area contributed by atoms with E-state index in [0.29, 0.717) is 0 Å². The number of unbranched alkanes of at least 4 members (excludes halogenated alkanes) is 1. The van der Waals surface area contributed by atoms with Crippen molar-refractivity contribution in [3.8, 4) is 0 Å². The summed E-state index contributed by atoms with van der Waals surface area (Å²) in [6, 6.07) is 0.185. The van der Waals surface area contributed by atoms with Crippen LogP contribution in [-0.2, 0) is 9.84 Å². The summed E-state index contributed by atoms with van der Waals surface area (Å²) in [7, 11) is 1.27. The lowest BCUT2D eigenvalue weighted by molar-refractivity contribution is 0.387. The van der Waals surface area contributed by atoms with Crippen LogP contribution in [0.1, 0.15) is 32.1 Å². The molecule has 0 aromatic heterocycles. The first-order valence-electron chi connectivity index (χ1n) is 6.48. The molecule has 102 valence electrons. The first-order chi connectivity index (χ1) is 7.91. The molecule has 5 heteroatoms. The molecule has 2 unspecified atom stereocenters. The molecule has 0 aromatic carbocycles. The largest absolute Gasteiger partial charge is 0.313 e. The average molecular weight is 262 g/mol. The van der Waals surface area contributed by atoms with Gasteiger partial charge in [0.25, 0.3) is 0 Å². The van der Waals surface area contributed by atoms with Crippen molar-refractivity contribution in [2.24, 2.45) is 0 Å². The highest BCUT2D eigenvalue weighted by Crippen LogP contribution is 2.24. The first kappa shape index (κ1) is 14.9. The third-order valence-electron chi connectivity index (χ3n) is 3.44. The Bertz CT molecular complexity index is 314. The maximum atomic E-state index is 11.6. The van der Waals surface area contributed by atoms with Crippen LogP contribution in [0, 0.1) is 0 Å². The zero-order chi connectivity index (χ0) is 12.9. The molecule has 2 atom stereocenters. The van der Waals surface area contributed by atoms with Crippen LogP contribution in [0.2, 0.25) is 0 Å². The Morgan fingerprint density at radius 2 is 1.94 bits per heavy atom. The molecule has 0 heterocycles. The van der Waals surface area contributed by atoms with Gasteiger partial charge in [-0.1, -0.05) is 6.42 Å². The fraction of sp³-hybridized carbons (Fsp3) is 1.00. The highest BCUT2D eigenvalue weighted by Gasteiger charge is 2.33. The molecule has 4 nitrogen and oxygen atoms in total. The van der Waals surface area contributed by atoms with Gasteiger partial charge in [-0.25, -0.2) is 8.42 Å². The molecule has 0 spiro atoms. The van der Waals surface area contributed by atoms with E-state index in [0.717, 1.165) is 45.2 Å². The third-order valence-corrected chi connectivity index (χ3v) is 5.11. The summed E-state index contributed by atoms with van der Waals surface area (Å²) in [5, 5.41) is 3.26. The monoisotopic (exact) mass is 262 g/mol. The topological polar surface area (TPSA) is 49.4 Å². The summed E-state index contributed by atoms with van der Waals surface area (Å²) in [5.41, 5.74) is 0. The van der Waals surface area contributed by atoms with Crippen LogP contribution in [0.25, 0.3) is 0 Å². The average Bonchev–Trinajstić information content (AvgIpc) is 2.64. The molecule has 17 heavy (non-hydrogen) atoms. The van der Waals surface area contributed by atoms with E-state index in [9.17, 15) is 8.42 Å². The van der Waals surface area contributed by atoms with E-state index in [2.05, 4.69) is 24.3 Å². The lowest BCUT2D eigenvalue weighted by Crippen LogP contribution is -2.40. The minimum absolute atomic E-state index is 0.156. The number of hydrogen-bond donors (Lipinski definition) is 1. The van der Waals surface area contributed by atoms with Crippen LogP contribution >= 0.6 is 0 Å². The van der Waals surface area contributed by atoms with Crippen molar-refractivity contribution in [2.45, 2.75) is 43.4 Å². The smallest absolute Gasteiger partial charge is 0.151 e. The summed E-state index contributed by atoms with van der Waals surface area (Å²) < 4.78 is 23.2. The Balaban J connectivity index is 2.23. The third kappa shape index (κ3) is 5.36. The Labute approximate surface area is 106 Å². The number of nitrogens with zero attached hydrogens (tertiary/aromatic N) is 1. The fourth-order valence-corrected chi connectivity index (χ4v) is 3.94. The summed E-state index contributed by atoms with van der Waals surface area (Å²) >= 11 is 0. The van der Waals surface area contributed by atoms with Gasteiger partial charge in [-0.2, -0.15) is 0 Å². The van der Waals surface area contributed by atoms with Crippen LogP contribution in [0.5, 0.6) is 0 Å². The van der Waals surface area contributed by atoms with Crippen molar-refractivity contribution in [3.63, 3.8) is 0 Å². The van der Waals surface area contributed by atoms with E-state index >= 15 is 0 Å². The zero-order valence-corrected chi connectivity index (χ0v) is 12.1. The lowest BCUT2D eigenvalue weighted by Gasteiger charge is -2.19. The molecule has 0 bridgehead atoms. The predicted molar refractivity (Wildman–Crippen MR) is 72.1 cm³/mol. The van der Waals surface area contributed by atoms with E-state index in [-0.39, 0.29) is 11.3 Å². The zero-order valence-electron chi connectivity index (χ0n) is 11.3. The van der Waals surface area contributed by atoms with Crippen molar-refractivity contribution in [2.75, 3.05) is 33.4 Å². The normalized spacial score (nSPS) is 25.6. The number of hydrogen-bond acceptors (Lipinski definition) is 4. The van der Waals surface area contributed by atoms with Gasteiger partial charge in [0, 0.05) is 12.3 Å². The standard InChI is InChI=1S/C12H26N2O2S/c1-14(2)10-5-4-9-13-11-7-6-8-12(11)17(3,15)16/h11-13H,4-10H2,1-3H3. The summed E-state index contributed by atoms with van der Waals surface area (Å²) in [5.74, 6) is 0. The maximum Gasteiger partial charge on any atom is 0.151 e. The van der Waals surface area contributed by atoms with Crippen LogP contribution < -0.4 is 5.32 Å². The van der Waals surface area contributed by atoms with Crippen LogP contribution in [0.4, 0.5) is 0 Å². The van der Waals surface area contributed by atoms with Gasteiger partial charge in [0.15, 0.2) is 9.84 Å². The minimum Gasteiger partial charge on any atom is -0.313 e. The highest BCUT2D eigenvalue weighted by atomic mass is 32.2. The summed E-state index contributed by atoms with van der Waals surface area (Å²) in [4.78, 5) is 2.18. The molecular formula is C12H26N2O2S. The van der Waals surface area contributed by atoms with Gasteiger partial charge in [-0.05, 0) is 52.9 Å². The molecule has 0 aliphatic heterocycles. The van der Waals surface area contributed by atoms with Crippen molar-refractivity contribution in [1.82, 2.24) is 10.2 Å². The SMILES string of the molecule is CN(C)CCCCNC1CCCC1S(C)(=O)=O. The number of rotatable bonds is 7. The van der Waals surface area contributed by atoms with Crippen molar-refractivity contribution < 1.29 is 8.42 Å². The highest BCUT2D eigenvalue weighted by molar-refractivity contribution is 7.91. The van der Waals surface area contributed by atoms with Crippen molar-refractivity contribution in [1.29, 1.82) is 0 Å². The maximum absolute atomic E-state index is 11.6. The summed E-state index contributed by atoms with van der Waals surface area (Å²) in [6.45, 7) is 2.03. The van der Waals surface area contributed by atoms with Crippen molar-refractivity contribution in [3.05, 3.63) is 0 Å². The van der Waals surface area contributed by atoms with E-state index < -0.39 is 9.84 Å². The van der Waals surface area contributed by atoms with Gasteiger partial charge in [0.05, 0.1) is 5.25 Å². The molecule has 0 amide bonds. The molecule has 1 saturated carbocycles. The molecule has 0 radical (unpaired) electrons. The van der Waals surface area contributed by atoms with E-state index in [4.69, 9.17) is 0 Å². The second kappa shape index (κ2) is 6.71. The molecule has 1 aliphatic carbocycles. The van der Waals surface area contributed by atoms with Gasteiger partial charge < -0.3 is 10.2 Å². The first-order valence-corrected chi connectivity index (χ1v) is 8.43. The van der Waals surface area contributed by atoms with Crippen LogP contribution in [-0.4, -0.2) is 58.1 Å². The molecule has 1 fully saturated rings. The summed E-state index contributed by atoms with van der Waals surface area (Å²) in [6.07, 6.45) is 6.51. The molecule has 1 aliphatic rings. The molecule has 1 rings (SSSR count). The van der Waals surface area contributed by atoms with Gasteiger partial charge >= 0.3 is 0 Å². The Morgan fingerprint density at radius 1 is 1.24 bits per heavy atom. The molecular weight excluding hydrogens is 236 g/mol. The second-order valence-electron chi connectivity index (χ2n) is 5.37. The van der Waals surface area contributed by atoms with E-state index in [1.54, 1.807) is 0 Å². The van der Waals surface area contributed by atoms with Crippen LogP contribution in [0.15, 0.2) is 0 Å². The molecule has 0 saturated heterocycles. The van der Waals surface area contributed by atoms with E-state index in [1.807, 2.05) is 0 Å². The van der Waals surface area contributed by atoms with E-state index in [1.165, 1.54) is 6.26 Å². The van der Waals surface area contributed by atoms with Gasteiger partial charge in [-0.15, -0.1) is 0 Å². The van der Waals surface area contributed by atoms with Gasteiger partial charge in [-0.3, -0.25) is 0 Å². The Kier molecular flexibility index (Phi) is 5.89. The number of nitrogens with one attached hydrogen (secondary N) is 1. The minimum atomic E-state index is -2.88. The van der Waals surface area contributed by atoms with Crippen molar-refractivity contribution >= 4 is 9.84 Å². The van der Waals surface area contributed by atoms with Gasteiger partial charge in [0.1, 0.15) is 0 Å². The molecule has 0 aromatic rings. The fourth-order valence-electron chi connectivity index (χ4n) is 2.51. The quantitative estimate of drug-likeness (QED) is 0.692. The molecule has 1 N–H and O–H groups in total.